The molecule has 9 nitrogen and oxygen atoms in total. The molecule has 0 bridgehead atoms. The number of carbonyl (C=O) groups is 1. The van der Waals surface area contributed by atoms with Gasteiger partial charge in [-0.15, -0.1) is 0 Å². The molecule has 1 amide bonds. The predicted octanol–water partition coefficient (Wildman–Crippen LogP) is 19.7. The summed E-state index contributed by atoms with van der Waals surface area (Å²) in [4.78, 5) is 13.2. The molecule has 80 heavy (non-hydrogen) atoms. The predicted molar refractivity (Wildman–Crippen MR) is 341 cm³/mol. The monoisotopic (exact) mass is 1140 g/mol. The highest BCUT2D eigenvalue weighted by Gasteiger charge is 2.44. The molecule has 1 rings (SSSR count). The van der Waals surface area contributed by atoms with Crippen LogP contribution in [-0.4, -0.2) is 87.5 Å². The van der Waals surface area contributed by atoms with Crippen LogP contribution in [0.3, 0.4) is 0 Å². The number of aliphatic hydroxyl groups is 5. The first-order valence-corrected chi connectivity index (χ1v) is 36.2. The molecule has 1 aliphatic rings. The molecule has 0 saturated carbocycles. The summed E-state index contributed by atoms with van der Waals surface area (Å²) in [6.45, 7) is 3.91. The van der Waals surface area contributed by atoms with E-state index < -0.39 is 49.5 Å². The van der Waals surface area contributed by atoms with Crippen molar-refractivity contribution in [2.45, 2.75) is 436 Å². The number of hydrogen-bond donors (Lipinski definition) is 6. The Hall–Kier alpha value is -0.810. The number of amides is 1. The molecule has 1 fully saturated rings. The molecule has 1 saturated heterocycles. The van der Waals surface area contributed by atoms with E-state index >= 15 is 0 Å². The van der Waals surface area contributed by atoms with E-state index in [-0.39, 0.29) is 12.5 Å². The second-order valence-electron chi connectivity index (χ2n) is 25.8. The molecule has 1 aliphatic heterocycles. The summed E-state index contributed by atoms with van der Waals surface area (Å²) in [5.41, 5.74) is 0. The van der Waals surface area contributed by atoms with Gasteiger partial charge in [-0.2, -0.15) is 0 Å². The average Bonchev–Trinajstić information content (AvgIpc) is 3.46. The molecule has 0 aromatic rings. The van der Waals surface area contributed by atoms with Gasteiger partial charge in [-0.05, 0) is 12.8 Å². The summed E-state index contributed by atoms with van der Waals surface area (Å²) in [7, 11) is 0. The van der Waals surface area contributed by atoms with Crippen LogP contribution in [0.25, 0.3) is 0 Å². The molecule has 0 spiro atoms. The molecule has 7 unspecified atom stereocenters. The molecule has 1 heterocycles. The van der Waals surface area contributed by atoms with E-state index in [2.05, 4.69) is 19.2 Å². The normalized spacial score (nSPS) is 18.3. The van der Waals surface area contributed by atoms with Crippen molar-refractivity contribution in [3.05, 3.63) is 0 Å². The lowest BCUT2D eigenvalue weighted by molar-refractivity contribution is -0.302. The third-order valence-electron chi connectivity index (χ3n) is 18.0. The van der Waals surface area contributed by atoms with Crippen molar-refractivity contribution in [2.75, 3.05) is 13.2 Å². The Morgan fingerprint density at radius 3 is 0.887 bits per heavy atom. The van der Waals surface area contributed by atoms with Gasteiger partial charge in [-0.1, -0.05) is 373 Å². The molecule has 7 atom stereocenters. The molecular formula is C71H141NO8. The van der Waals surface area contributed by atoms with Crippen molar-refractivity contribution in [1.82, 2.24) is 5.32 Å². The van der Waals surface area contributed by atoms with Crippen LogP contribution in [0, 0.1) is 0 Å². The van der Waals surface area contributed by atoms with Crippen molar-refractivity contribution in [3.63, 3.8) is 0 Å². The number of aliphatic hydroxyl groups excluding tert-OH is 5. The second-order valence-corrected chi connectivity index (χ2v) is 25.8. The van der Waals surface area contributed by atoms with E-state index in [1.807, 2.05) is 0 Å². The summed E-state index contributed by atoms with van der Waals surface area (Å²) in [6.07, 6.45) is 70.5. The number of rotatable bonds is 65. The Morgan fingerprint density at radius 1 is 0.375 bits per heavy atom. The fraction of sp³-hybridized carbons (Fsp3) is 0.986. The Balaban J connectivity index is 2.05. The first-order valence-electron chi connectivity index (χ1n) is 36.2. The first kappa shape index (κ1) is 77.2. The van der Waals surface area contributed by atoms with E-state index in [0.29, 0.717) is 12.8 Å². The quantitative estimate of drug-likeness (QED) is 0.0330. The molecule has 0 aromatic carbocycles. The van der Waals surface area contributed by atoms with Crippen LogP contribution >= 0.6 is 0 Å². The third kappa shape index (κ3) is 49.5. The van der Waals surface area contributed by atoms with Crippen molar-refractivity contribution in [1.29, 1.82) is 0 Å². The van der Waals surface area contributed by atoms with Gasteiger partial charge in [0.05, 0.1) is 25.4 Å². The van der Waals surface area contributed by atoms with Gasteiger partial charge < -0.3 is 40.3 Å². The van der Waals surface area contributed by atoms with Crippen molar-refractivity contribution >= 4 is 5.91 Å². The van der Waals surface area contributed by atoms with Crippen LogP contribution in [0.15, 0.2) is 0 Å². The highest BCUT2D eigenvalue weighted by Crippen LogP contribution is 2.24. The Bertz CT molecular complexity index is 1220. The number of unbranched alkanes of at least 4 members (excludes halogenated alkanes) is 55. The Kier molecular flexibility index (Phi) is 59.1. The summed E-state index contributed by atoms with van der Waals surface area (Å²) in [6, 6.07) is -0.715. The van der Waals surface area contributed by atoms with Crippen molar-refractivity contribution in [2.24, 2.45) is 0 Å². The Morgan fingerprint density at radius 2 is 0.625 bits per heavy atom. The summed E-state index contributed by atoms with van der Waals surface area (Å²) < 4.78 is 11.4. The van der Waals surface area contributed by atoms with Crippen LogP contribution in [0.2, 0.25) is 0 Å². The fourth-order valence-electron chi connectivity index (χ4n) is 12.3. The number of nitrogens with one attached hydrogen (secondary N) is 1. The lowest BCUT2D eigenvalue weighted by Gasteiger charge is -2.40. The van der Waals surface area contributed by atoms with E-state index in [1.165, 1.54) is 327 Å². The average molecular weight is 1140 g/mol. The maximum absolute atomic E-state index is 13.2. The topological polar surface area (TPSA) is 149 Å². The Labute approximate surface area is 497 Å². The van der Waals surface area contributed by atoms with Gasteiger partial charge >= 0.3 is 0 Å². The molecule has 0 aliphatic carbocycles. The zero-order chi connectivity index (χ0) is 57.9. The van der Waals surface area contributed by atoms with Gasteiger partial charge in [0, 0.05) is 6.42 Å². The van der Waals surface area contributed by atoms with Crippen LogP contribution in [0.1, 0.15) is 393 Å². The molecular weight excluding hydrogens is 995 g/mol. The molecule has 0 aromatic heterocycles. The van der Waals surface area contributed by atoms with E-state index in [9.17, 15) is 30.3 Å². The SMILES string of the molecule is CCCCCCCCCCCCCCCCCCCCCCCCCCCCCCCCCCCCCC(=O)NC(COC1OC(CO)C(O)C(O)C1O)C(O)CCCCCCCCCCCCCCCCCCCCCCCC. The van der Waals surface area contributed by atoms with Gasteiger partial charge in [0.15, 0.2) is 6.29 Å². The van der Waals surface area contributed by atoms with E-state index in [0.717, 1.165) is 38.5 Å². The highest BCUT2D eigenvalue weighted by molar-refractivity contribution is 5.76. The minimum atomic E-state index is -1.55. The van der Waals surface area contributed by atoms with Gasteiger partial charge in [0.25, 0.3) is 0 Å². The largest absolute Gasteiger partial charge is 0.394 e. The fourth-order valence-corrected chi connectivity index (χ4v) is 12.3. The minimum Gasteiger partial charge on any atom is -0.394 e. The van der Waals surface area contributed by atoms with Crippen molar-refractivity contribution < 1.29 is 39.8 Å². The van der Waals surface area contributed by atoms with Gasteiger partial charge in [-0.25, -0.2) is 0 Å². The molecule has 478 valence electrons. The first-order chi connectivity index (χ1) is 39.3. The molecule has 9 heteroatoms. The van der Waals surface area contributed by atoms with Crippen molar-refractivity contribution in [3.8, 4) is 0 Å². The summed E-state index contributed by atoms with van der Waals surface area (Å²) in [5.74, 6) is -0.133. The highest BCUT2D eigenvalue weighted by atomic mass is 16.7. The number of carbonyl (C=O) groups excluding carboxylic acids is 1. The number of ether oxygens (including phenoxy) is 2. The maximum atomic E-state index is 13.2. The van der Waals surface area contributed by atoms with E-state index in [4.69, 9.17) is 9.47 Å². The smallest absolute Gasteiger partial charge is 0.220 e. The molecule has 6 N–H and O–H groups in total. The lowest BCUT2D eigenvalue weighted by atomic mass is 9.99. The van der Waals surface area contributed by atoms with Crippen LogP contribution in [-0.2, 0) is 14.3 Å². The van der Waals surface area contributed by atoms with Gasteiger partial charge in [0.2, 0.25) is 5.91 Å². The van der Waals surface area contributed by atoms with E-state index in [1.54, 1.807) is 0 Å². The standard InChI is InChI=1S/C71H141NO8/c1-3-5-7-9-11-13-15-17-19-21-23-25-27-28-29-30-31-32-33-34-35-36-37-38-39-41-43-45-47-49-51-53-55-57-59-61-67(75)72-64(63-79-71-70(78)69(77)68(76)66(62-73)80-71)65(74)60-58-56-54-52-50-48-46-44-42-40-26-24-22-20-18-16-14-12-10-8-6-4-2/h64-66,68-71,73-74,76-78H,3-63H2,1-2H3,(H,72,75). The summed E-state index contributed by atoms with van der Waals surface area (Å²) in [5, 5.41) is 54.9. The van der Waals surface area contributed by atoms with Gasteiger partial charge in [-0.3, -0.25) is 4.79 Å². The van der Waals surface area contributed by atoms with Gasteiger partial charge in [0.1, 0.15) is 24.4 Å². The summed E-state index contributed by atoms with van der Waals surface area (Å²) >= 11 is 0. The minimum absolute atomic E-state index is 0.130. The lowest BCUT2D eigenvalue weighted by Crippen LogP contribution is -2.60. The maximum Gasteiger partial charge on any atom is 0.220 e. The third-order valence-corrected chi connectivity index (χ3v) is 18.0. The second kappa shape index (κ2) is 61.3. The molecule has 0 radical (unpaired) electrons. The van der Waals surface area contributed by atoms with Crippen LogP contribution < -0.4 is 5.32 Å². The zero-order valence-corrected chi connectivity index (χ0v) is 53.6. The number of hydrogen-bond acceptors (Lipinski definition) is 8. The van der Waals surface area contributed by atoms with Crippen LogP contribution in [0.4, 0.5) is 0 Å². The van der Waals surface area contributed by atoms with Crippen LogP contribution in [0.5, 0.6) is 0 Å². The zero-order valence-electron chi connectivity index (χ0n) is 53.6.